The summed E-state index contributed by atoms with van der Waals surface area (Å²) in [6.45, 7) is 6.98. The van der Waals surface area contributed by atoms with Crippen molar-refractivity contribution in [3.8, 4) is 5.75 Å². The van der Waals surface area contributed by atoms with Gasteiger partial charge in [-0.2, -0.15) is 0 Å². The van der Waals surface area contributed by atoms with Gasteiger partial charge in [-0.1, -0.05) is 25.5 Å². The highest BCUT2D eigenvalue weighted by atomic mass is 16.5. The Kier molecular flexibility index (Phi) is 7.87. The molecule has 0 bridgehead atoms. The summed E-state index contributed by atoms with van der Waals surface area (Å²) in [5, 5.41) is 0. The Morgan fingerprint density at radius 2 is 1.60 bits per heavy atom. The third-order valence-corrected chi connectivity index (χ3v) is 5.65. The fourth-order valence-corrected chi connectivity index (χ4v) is 3.78. The largest absolute Gasteiger partial charge is 0.497 e. The van der Waals surface area contributed by atoms with Gasteiger partial charge in [-0.05, 0) is 37.6 Å². The average molecular weight is 416 g/mol. The molecule has 1 saturated heterocycles. The normalized spacial score (nSPS) is 18.0. The van der Waals surface area contributed by atoms with E-state index >= 15 is 0 Å². The zero-order valence-electron chi connectivity index (χ0n) is 18.4. The third kappa shape index (κ3) is 5.02. The first-order valence-electron chi connectivity index (χ1n) is 10.8. The van der Waals surface area contributed by atoms with E-state index in [4.69, 9.17) is 9.47 Å². The number of hydrogen-bond donors (Lipinski definition) is 0. The number of methoxy groups -OCH3 is 1. The van der Waals surface area contributed by atoms with Crippen LogP contribution in [0.5, 0.6) is 5.75 Å². The molecule has 30 heavy (non-hydrogen) atoms. The van der Waals surface area contributed by atoms with Crippen LogP contribution < -0.4 is 4.74 Å². The van der Waals surface area contributed by atoms with Crippen LogP contribution in [0.2, 0.25) is 0 Å². The Bertz CT molecular complexity index is 767. The molecule has 7 nitrogen and oxygen atoms in total. The Morgan fingerprint density at radius 3 is 2.23 bits per heavy atom. The van der Waals surface area contributed by atoms with Crippen molar-refractivity contribution in [2.75, 3.05) is 60.1 Å². The molecular formula is C23H33N3O4. The number of piperazine rings is 1. The lowest BCUT2D eigenvalue weighted by atomic mass is 10.0. The van der Waals surface area contributed by atoms with Crippen LogP contribution in [-0.2, 0) is 14.3 Å². The number of rotatable bonds is 10. The average Bonchev–Trinajstić information content (AvgIpc) is 3.01. The van der Waals surface area contributed by atoms with Gasteiger partial charge >= 0.3 is 0 Å². The zero-order valence-corrected chi connectivity index (χ0v) is 18.4. The zero-order chi connectivity index (χ0) is 21.5. The summed E-state index contributed by atoms with van der Waals surface area (Å²) >= 11 is 0. The van der Waals surface area contributed by atoms with Crippen molar-refractivity contribution in [3.63, 3.8) is 0 Å². The lowest BCUT2D eigenvalue weighted by Crippen LogP contribution is -2.46. The van der Waals surface area contributed by atoms with Crippen LogP contribution >= 0.6 is 0 Å². The molecule has 0 saturated carbocycles. The van der Waals surface area contributed by atoms with Crippen LogP contribution in [0.15, 0.2) is 30.0 Å². The minimum atomic E-state index is -0.215. The van der Waals surface area contributed by atoms with Gasteiger partial charge in [-0.15, -0.1) is 0 Å². The second-order valence-corrected chi connectivity index (χ2v) is 7.82. The van der Waals surface area contributed by atoms with Crippen LogP contribution in [0.3, 0.4) is 0 Å². The molecule has 0 spiro atoms. The van der Waals surface area contributed by atoms with Gasteiger partial charge in [-0.3, -0.25) is 14.5 Å². The topological polar surface area (TPSA) is 62.3 Å². The summed E-state index contributed by atoms with van der Waals surface area (Å²) in [6.07, 6.45) is 2.76. The highest BCUT2D eigenvalue weighted by Crippen LogP contribution is 2.33. The Morgan fingerprint density at radius 1 is 0.933 bits per heavy atom. The second kappa shape index (κ2) is 10.6. The lowest BCUT2D eigenvalue weighted by molar-refractivity contribution is -0.137. The monoisotopic (exact) mass is 415 g/mol. The molecule has 164 valence electrons. The van der Waals surface area contributed by atoms with Crippen LogP contribution in [-0.4, -0.2) is 86.6 Å². The number of hydrogen-bond acceptors (Lipinski definition) is 6. The van der Waals surface area contributed by atoms with E-state index in [-0.39, 0.29) is 11.8 Å². The van der Waals surface area contributed by atoms with Crippen LogP contribution in [0.25, 0.3) is 5.57 Å². The molecule has 3 rings (SSSR count). The van der Waals surface area contributed by atoms with E-state index in [1.807, 2.05) is 24.3 Å². The number of ether oxygens (including phenoxy) is 2. The van der Waals surface area contributed by atoms with Crippen LogP contribution in [0, 0.1) is 0 Å². The summed E-state index contributed by atoms with van der Waals surface area (Å²) in [5.41, 5.74) is 1.79. The first-order chi connectivity index (χ1) is 14.6. The maximum atomic E-state index is 13.3. The summed E-state index contributed by atoms with van der Waals surface area (Å²) in [5.74, 6) is 0.315. The predicted octanol–water partition coefficient (Wildman–Crippen LogP) is 2.23. The molecule has 0 atom stereocenters. The molecule has 1 fully saturated rings. The summed E-state index contributed by atoms with van der Waals surface area (Å²) in [4.78, 5) is 32.3. The Hall–Kier alpha value is -2.38. The van der Waals surface area contributed by atoms with Crippen molar-refractivity contribution in [2.45, 2.75) is 26.2 Å². The van der Waals surface area contributed by atoms with Crippen LogP contribution in [0.4, 0.5) is 0 Å². The highest BCUT2D eigenvalue weighted by Gasteiger charge is 2.41. The maximum absolute atomic E-state index is 13.3. The van der Waals surface area contributed by atoms with E-state index < -0.39 is 0 Å². The molecule has 1 aromatic carbocycles. The van der Waals surface area contributed by atoms with Crippen molar-refractivity contribution in [3.05, 3.63) is 35.5 Å². The molecule has 7 heteroatoms. The number of amides is 2. The van der Waals surface area contributed by atoms with Gasteiger partial charge in [0.2, 0.25) is 0 Å². The SMILES string of the molecule is CCCCOCCCN1C(=O)C(c2ccc(OC)cc2)=C(N2CCN(C)CC2)C1=O. The number of likely N-dealkylation sites (N-methyl/N-ethyl adjacent to an activating group) is 1. The van der Waals surface area contributed by atoms with E-state index in [1.165, 1.54) is 4.90 Å². The van der Waals surface area contributed by atoms with E-state index in [1.54, 1.807) is 7.11 Å². The maximum Gasteiger partial charge on any atom is 0.277 e. The fraction of sp³-hybridized carbons (Fsp3) is 0.565. The number of imide groups is 1. The number of unbranched alkanes of at least 4 members (excludes halogenated alkanes) is 1. The third-order valence-electron chi connectivity index (χ3n) is 5.65. The van der Waals surface area contributed by atoms with Crippen molar-refractivity contribution in [1.29, 1.82) is 0 Å². The van der Waals surface area contributed by atoms with Gasteiger partial charge in [-0.25, -0.2) is 0 Å². The molecule has 0 N–H and O–H groups in total. The van der Waals surface area contributed by atoms with Crippen molar-refractivity contribution in [2.24, 2.45) is 0 Å². The molecule has 0 aromatic heterocycles. The highest BCUT2D eigenvalue weighted by molar-refractivity contribution is 6.35. The molecule has 2 amide bonds. The van der Waals surface area contributed by atoms with Crippen molar-refractivity contribution < 1.29 is 19.1 Å². The van der Waals surface area contributed by atoms with Crippen molar-refractivity contribution >= 4 is 17.4 Å². The first kappa shape index (κ1) is 22.3. The minimum absolute atomic E-state index is 0.191. The number of benzene rings is 1. The summed E-state index contributed by atoms with van der Waals surface area (Å²) < 4.78 is 10.8. The van der Waals surface area contributed by atoms with Gasteiger partial charge in [0.05, 0.1) is 12.7 Å². The van der Waals surface area contributed by atoms with Gasteiger partial charge < -0.3 is 19.3 Å². The standard InChI is InChI=1S/C23H33N3O4/c1-4-5-16-30-17-6-11-26-22(27)20(18-7-9-19(29-3)10-8-18)21(23(26)28)25-14-12-24(2)13-15-25/h7-10H,4-6,11-17H2,1-3H3. The molecule has 0 aliphatic carbocycles. The first-order valence-corrected chi connectivity index (χ1v) is 10.8. The molecule has 0 radical (unpaired) electrons. The number of carbonyl (C=O) groups is 2. The quantitative estimate of drug-likeness (QED) is 0.431. The van der Waals surface area contributed by atoms with Gasteiger partial charge in [0.25, 0.3) is 11.8 Å². The minimum Gasteiger partial charge on any atom is -0.497 e. The van der Waals surface area contributed by atoms with Gasteiger partial charge in [0.1, 0.15) is 11.4 Å². The molecule has 2 aliphatic rings. The molecular weight excluding hydrogens is 382 g/mol. The number of nitrogens with zero attached hydrogens (tertiary/aromatic N) is 3. The smallest absolute Gasteiger partial charge is 0.277 e. The Labute approximate surface area is 179 Å². The van der Waals surface area contributed by atoms with E-state index in [0.29, 0.717) is 30.8 Å². The molecule has 0 unspecified atom stereocenters. The van der Waals surface area contributed by atoms with Gasteiger partial charge in [0.15, 0.2) is 0 Å². The van der Waals surface area contributed by atoms with E-state index in [2.05, 4.69) is 23.8 Å². The van der Waals surface area contributed by atoms with E-state index in [0.717, 1.165) is 56.9 Å². The van der Waals surface area contributed by atoms with E-state index in [9.17, 15) is 9.59 Å². The fourth-order valence-electron chi connectivity index (χ4n) is 3.78. The second-order valence-electron chi connectivity index (χ2n) is 7.82. The Balaban J connectivity index is 1.79. The van der Waals surface area contributed by atoms with Crippen LogP contribution in [0.1, 0.15) is 31.7 Å². The molecule has 1 aromatic rings. The number of carbonyl (C=O) groups excluding carboxylic acids is 2. The molecule has 2 heterocycles. The molecule has 2 aliphatic heterocycles. The lowest BCUT2D eigenvalue weighted by Gasteiger charge is -2.34. The summed E-state index contributed by atoms with van der Waals surface area (Å²) in [7, 11) is 3.68. The summed E-state index contributed by atoms with van der Waals surface area (Å²) in [6, 6.07) is 7.36. The predicted molar refractivity (Wildman–Crippen MR) is 116 cm³/mol. The van der Waals surface area contributed by atoms with Crippen molar-refractivity contribution in [1.82, 2.24) is 14.7 Å². The van der Waals surface area contributed by atoms with Gasteiger partial charge in [0, 0.05) is 45.9 Å².